The predicted molar refractivity (Wildman–Crippen MR) is 415 cm³/mol. The van der Waals surface area contributed by atoms with Crippen LogP contribution in [0.2, 0.25) is 0 Å². The summed E-state index contributed by atoms with van der Waals surface area (Å²) in [5, 5.41) is 87.7. The maximum absolute atomic E-state index is 13.4. The molecule has 1 amide bonds. The lowest BCUT2D eigenvalue weighted by Crippen LogP contribution is -2.65. The van der Waals surface area contributed by atoms with Gasteiger partial charge in [0.15, 0.2) is 12.6 Å². The van der Waals surface area contributed by atoms with E-state index in [2.05, 4.69) is 79.9 Å². The van der Waals surface area contributed by atoms with Gasteiger partial charge in [-0.1, -0.05) is 369 Å². The Morgan fingerprint density at radius 1 is 0.370 bits per heavy atom. The Balaban J connectivity index is 1.57. The van der Waals surface area contributed by atoms with Gasteiger partial charge in [-0.25, -0.2) is 0 Å². The van der Waals surface area contributed by atoms with E-state index in [1.807, 2.05) is 6.08 Å². The van der Waals surface area contributed by atoms with Crippen molar-refractivity contribution in [2.45, 2.75) is 447 Å². The van der Waals surface area contributed by atoms with Crippen molar-refractivity contribution in [2.24, 2.45) is 0 Å². The van der Waals surface area contributed by atoms with Gasteiger partial charge in [-0.2, -0.15) is 0 Å². The second-order valence-electron chi connectivity index (χ2n) is 29.6. The zero-order valence-electron chi connectivity index (χ0n) is 64.2. The van der Waals surface area contributed by atoms with Gasteiger partial charge in [0.05, 0.1) is 32.0 Å². The average molecular weight is 1410 g/mol. The third-order valence-corrected chi connectivity index (χ3v) is 20.4. The molecule has 12 atom stereocenters. The molecule has 2 aliphatic heterocycles. The fourth-order valence-electron chi connectivity index (χ4n) is 13.8. The smallest absolute Gasteiger partial charge is 0.220 e. The van der Waals surface area contributed by atoms with Crippen LogP contribution in [0.1, 0.15) is 373 Å². The molecule has 14 nitrogen and oxygen atoms in total. The van der Waals surface area contributed by atoms with Crippen LogP contribution in [0.15, 0.2) is 72.9 Å². The molecule has 2 saturated heterocycles. The van der Waals surface area contributed by atoms with E-state index in [0.717, 1.165) is 57.8 Å². The first-order valence-electron chi connectivity index (χ1n) is 42.2. The molecule has 2 fully saturated rings. The lowest BCUT2D eigenvalue weighted by molar-refractivity contribution is -0.359. The van der Waals surface area contributed by atoms with Crippen LogP contribution in [-0.4, -0.2) is 140 Å². The standard InChI is InChI=1S/C86H157NO13/c1-3-5-7-9-11-13-15-17-19-21-23-25-27-29-30-31-32-33-34-35-36-37-38-39-40-41-42-43-44-46-48-50-52-54-56-58-60-62-64-66-68-70-78(91)87-74(73-97-85-83(96)81(94)84(77(72-89)99-85)100-86-82(95)80(93)79(92)76(71-88)98-86)75(90)69-67-65-63-61-59-57-55-53-51-49-47-45-28-26-24-22-20-18-16-14-12-10-8-6-4-2/h5,7,11,13,17,19,23,25,59,61,67,69,74-77,79-86,88-90,92-96H,3-4,6,8-10,12,14-16,18,20-22,24,26-58,60,62-66,68,70-73H2,1-2H3,(H,87,91)/b7-5-,13-11-,19-17-,25-23-,61-59+,69-67+. The Hall–Kier alpha value is -2.57. The van der Waals surface area contributed by atoms with Gasteiger partial charge in [-0.3, -0.25) is 4.79 Å². The lowest BCUT2D eigenvalue weighted by atomic mass is 9.97. The predicted octanol–water partition coefficient (Wildman–Crippen LogP) is 19.7. The third-order valence-electron chi connectivity index (χ3n) is 20.4. The Morgan fingerprint density at radius 2 is 0.700 bits per heavy atom. The Morgan fingerprint density at radius 3 is 1.10 bits per heavy atom. The molecule has 0 aromatic rings. The van der Waals surface area contributed by atoms with Crippen molar-refractivity contribution in [3.05, 3.63) is 72.9 Å². The number of aliphatic hydroxyl groups is 8. The van der Waals surface area contributed by atoms with Crippen LogP contribution in [0.5, 0.6) is 0 Å². The summed E-state index contributed by atoms with van der Waals surface area (Å²) in [4.78, 5) is 13.4. The molecule has 0 aromatic heterocycles. The molecule has 0 saturated carbocycles. The molecule has 2 aliphatic rings. The first-order valence-corrected chi connectivity index (χ1v) is 42.2. The summed E-state index contributed by atoms with van der Waals surface area (Å²) in [6.45, 7) is 2.73. The number of hydrogen-bond donors (Lipinski definition) is 9. The van der Waals surface area contributed by atoms with Gasteiger partial charge in [0.2, 0.25) is 5.91 Å². The molecule has 2 heterocycles. The number of allylic oxidation sites excluding steroid dienone is 11. The minimum absolute atomic E-state index is 0.242. The van der Waals surface area contributed by atoms with Crippen molar-refractivity contribution < 1.29 is 64.6 Å². The van der Waals surface area contributed by atoms with Crippen molar-refractivity contribution in [3.63, 3.8) is 0 Å². The van der Waals surface area contributed by atoms with Crippen molar-refractivity contribution in [2.75, 3.05) is 19.8 Å². The molecule has 2 rings (SSSR count). The van der Waals surface area contributed by atoms with Crippen LogP contribution >= 0.6 is 0 Å². The number of unbranched alkanes of at least 4 members (excludes halogenated alkanes) is 48. The zero-order chi connectivity index (χ0) is 72.2. The number of carbonyl (C=O) groups excluding carboxylic acids is 1. The number of hydrogen-bond acceptors (Lipinski definition) is 13. The zero-order valence-corrected chi connectivity index (χ0v) is 64.2. The Kier molecular flexibility index (Phi) is 65.0. The number of rotatable bonds is 71. The fourth-order valence-corrected chi connectivity index (χ4v) is 13.8. The molecular weight excluding hydrogens is 1250 g/mol. The largest absolute Gasteiger partial charge is 0.394 e. The highest BCUT2D eigenvalue weighted by molar-refractivity contribution is 5.76. The second kappa shape index (κ2) is 69.5. The van der Waals surface area contributed by atoms with Gasteiger partial charge in [0, 0.05) is 6.42 Å². The molecule has 0 aromatic carbocycles. The van der Waals surface area contributed by atoms with E-state index in [1.54, 1.807) is 6.08 Å². The van der Waals surface area contributed by atoms with Crippen LogP contribution in [0.25, 0.3) is 0 Å². The number of ether oxygens (including phenoxy) is 4. The van der Waals surface area contributed by atoms with Gasteiger partial charge in [0.1, 0.15) is 48.8 Å². The lowest BCUT2D eigenvalue weighted by Gasteiger charge is -2.46. The Labute approximate surface area is 612 Å². The quantitative estimate of drug-likeness (QED) is 0.0204. The molecule has 12 unspecified atom stereocenters. The van der Waals surface area contributed by atoms with Crippen LogP contribution < -0.4 is 5.32 Å². The van der Waals surface area contributed by atoms with E-state index in [0.29, 0.717) is 12.8 Å². The molecule has 9 N–H and O–H groups in total. The van der Waals surface area contributed by atoms with Gasteiger partial charge < -0.3 is 65.1 Å². The highest BCUT2D eigenvalue weighted by Crippen LogP contribution is 2.30. The van der Waals surface area contributed by atoms with Crippen molar-refractivity contribution in [1.29, 1.82) is 0 Å². The molecule has 0 aliphatic carbocycles. The van der Waals surface area contributed by atoms with Crippen LogP contribution in [0, 0.1) is 0 Å². The summed E-state index contributed by atoms with van der Waals surface area (Å²) < 4.78 is 22.9. The van der Waals surface area contributed by atoms with Gasteiger partial charge in [-0.05, 0) is 70.6 Å². The van der Waals surface area contributed by atoms with Gasteiger partial charge >= 0.3 is 0 Å². The minimum Gasteiger partial charge on any atom is -0.394 e. The molecule has 0 radical (unpaired) electrons. The van der Waals surface area contributed by atoms with E-state index >= 15 is 0 Å². The van der Waals surface area contributed by atoms with Crippen LogP contribution in [-0.2, 0) is 23.7 Å². The number of aliphatic hydroxyl groups excluding tert-OH is 8. The normalized spacial score (nSPS) is 22.2. The summed E-state index contributed by atoms with van der Waals surface area (Å²) in [6, 6.07) is -0.933. The molecule has 0 spiro atoms. The van der Waals surface area contributed by atoms with E-state index in [1.165, 1.54) is 283 Å². The van der Waals surface area contributed by atoms with E-state index in [4.69, 9.17) is 18.9 Å². The highest BCUT2D eigenvalue weighted by Gasteiger charge is 2.51. The van der Waals surface area contributed by atoms with E-state index in [-0.39, 0.29) is 18.9 Å². The summed E-state index contributed by atoms with van der Waals surface area (Å²) >= 11 is 0. The first-order chi connectivity index (χ1) is 49.1. The fraction of sp³-hybridized carbons (Fsp3) is 0.849. The second-order valence-corrected chi connectivity index (χ2v) is 29.6. The summed E-state index contributed by atoms with van der Waals surface area (Å²) in [6.07, 6.45) is 80.1. The molecule has 0 bridgehead atoms. The summed E-state index contributed by atoms with van der Waals surface area (Å²) in [5.74, 6) is -0.242. The number of amides is 1. The van der Waals surface area contributed by atoms with E-state index < -0.39 is 86.8 Å². The third kappa shape index (κ3) is 51.6. The van der Waals surface area contributed by atoms with Crippen molar-refractivity contribution in [1.82, 2.24) is 5.32 Å². The topological polar surface area (TPSA) is 228 Å². The van der Waals surface area contributed by atoms with Crippen molar-refractivity contribution in [3.8, 4) is 0 Å². The van der Waals surface area contributed by atoms with Crippen LogP contribution in [0.3, 0.4) is 0 Å². The minimum atomic E-state index is -1.79. The van der Waals surface area contributed by atoms with Crippen molar-refractivity contribution >= 4 is 5.91 Å². The highest BCUT2D eigenvalue weighted by atomic mass is 16.7. The molecule has 584 valence electrons. The van der Waals surface area contributed by atoms with Gasteiger partial charge in [-0.15, -0.1) is 0 Å². The Bertz CT molecular complexity index is 1960. The first kappa shape index (κ1) is 93.5. The maximum Gasteiger partial charge on any atom is 0.220 e. The molecular formula is C86H157NO13. The summed E-state index contributed by atoms with van der Waals surface area (Å²) in [7, 11) is 0. The van der Waals surface area contributed by atoms with Crippen LogP contribution in [0.4, 0.5) is 0 Å². The van der Waals surface area contributed by atoms with E-state index in [9.17, 15) is 45.6 Å². The number of carbonyl (C=O) groups is 1. The SMILES string of the molecule is CC/C=C\C/C=C\C/C=C\C/C=C\CCCCCCCCCCCCCCCCCCCCCCCCCCCCCCC(=O)NC(COC1OC(CO)C(OC2OC(CO)C(O)C(O)C2O)C(O)C1O)C(O)/C=C/CC/C=C/CCCCCCCCCCCCCCCCCCCCC. The summed E-state index contributed by atoms with van der Waals surface area (Å²) in [5.41, 5.74) is 0. The molecule has 14 heteroatoms. The monoisotopic (exact) mass is 1410 g/mol. The van der Waals surface area contributed by atoms with Gasteiger partial charge in [0.25, 0.3) is 0 Å². The molecule has 100 heavy (non-hydrogen) atoms. The number of nitrogens with one attached hydrogen (secondary N) is 1. The maximum atomic E-state index is 13.4. The average Bonchev–Trinajstić information content (AvgIpc) is 0.791.